The number of benzene rings is 2. The van der Waals surface area contributed by atoms with E-state index in [1.165, 1.54) is 11.0 Å². The van der Waals surface area contributed by atoms with Crippen LogP contribution in [-0.2, 0) is 32.3 Å². The van der Waals surface area contributed by atoms with Gasteiger partial charge in [0.2, 0.25) is 21.8 Å². The van der Waals surface area contributed by atoms with Gasteiger partial charge >= 0.3 is 6.18 Å². The molecule has 12 heteroatoms. The van der Waals surface area contributed by atoms with E-state index in [9.17, 15) is 31.2 Å². The maximum atomic E-state index is 13.3. The third kappa shape index (κ3) is 9.20. The summed E-state index contributed by atoms with van der Waals surface area (Å²) in [5, 5.41) is 3.34. The Balaban J connectivity index is 2.24. The minimum atomic E-state index is -4.63. The number of hydrogen-bond donors (Lipinski definition) is 1. The van der Waals surface area contributed by atoms with E-state index in [-0.39, 0.29) is 43.4 Å². The molecule has 2 aromatic carbocycles. The van der Waals surface area contributed by atoms with E-state index < -0.39 is 27.8 Å². The molecule has 0 aliphatic carbocycles. The third-order valence-electron chi connectivity index (χ3n) is 5.81. The number of nitrogens with zero attached hydrogens (tertiary/aromatic N) is 2. The molecule has 0 aliphatic rings. The van der Waals surface area contributed by atoms with Crippen LogP contribution in [-0.4, -0.2) is 50.5 Å². The number of hydrogen-bond acceptors (Lipinski definition) is 4. The average molecular weight is 576 g/mol. The zero-order valence-corrected chi connectivity index (χ0v) is 23.2. The lowest BCUT2D eigenvalue weighted by atomic mass is 10.1. The van der Waals surface area contributed by atoms with Crippen LogP contribution >= 0.6 is 11.6 Å². The Bertz CT molecular complexity index is 1190. The Morgan fingerprint density at radius 1 is 1.08 bits per heavy atom. The van der Waals surface area contributed by atoms with E-state index in [0.717, 1.165) is 40.7 Å². The highest BCUT2D eigenvalue weighted by Gasteiger charge is 2.32. The van der Waals surface area contributed by atoms with Crippen molar-refractivity contribution in [1.29, 1.82) is 0 Å². The summed E-state index contributed by atoms with van der Waals surface area (Å²) in [6.45, 7) is 4.09. The molecule has 2 aromatic rings. The van der Waals surface area contributed by atoms with Gasteiger partial charge in [0.25, 0.3) is 0 Å². The Hall–Kier alpha value is -2.79. The molecule has 0 radical (unpaired) electrons. The first kappa shape index (κ1) is 31.4. The maximum absolute atomic E-state index is 13.3. The molecule has 2 amide bonds. The van der Waals surface area contributed by atoms with Crippen molar-refractivity contribution in [3.63, 3.8) is 0 Å². The number of alkyl halides is 3. The maximum Gasteiger partial charge on any atom is 0.416 e. The van der Waals surface area contributed by atoms with Gasteiger partial charge in [-0.05, 0) is 55.2 Å². The predicted octanol–water partition coefficient (Wildman–Crippen LogP) is 5.24. The number of sulfonamides is 1. The van der Waals surface area contributed by atoms with Crippen molar-refractivity contribution in [3.05, 3.63) is 64.7 Å². The highest BCUT2D eigenvalue weighted by Crippen LogP contribution is 2.32. The number of carbonyl (C=O) groups is 2. The summed E-state index contributed by atoms with van der Waals surface area (Å²) in [5.41, 5.74) is -0.359. The summed E-state index contributed by atoms with van der Waals surface area (Å²) in [5.74, 6) is -0.672. The van der Waals surface area contributed by atoms with Gasteiger partial charge in [0, 0.05) is 31.1 Å². The molecule has 7 nitrogen and oxygen atoms in total. The molecule has 1 atom stereocenters. The van der Waals surface area contributed by atoms with Crippen LogP contribution < -0.4 is 9.62 Å². The van der Waals surface area contributed by atoms with Gasteiger partial charge in [-0.3, -0.25) is 13.9 Å². The summed E-state index contributed by atoms with van der Waals surface area (Å²) < 4.78 is 65.2. The first-order valence-electron chi connectivity index (χ1n) is 12.2. The molecule has 0 heterocycles. The summed E-state index contributed by atoms with van der Waals surface area (Å²) in [6, 6.07) is 10.1. The molecule has 0 saturated heterocycles. The predicted molar refractivity (Wildman–Crippen MR) is 142 cm³/mol. The molecule has 0 aromatic heterocycles. The van der Waals surface area contributed by atoms with E-state index in [0.29, 0.717) is 18.0 Å². The summed E-state index contributed by atoms with van der Waals surface area (Å²) in [6.07, 6.45) is -2.74. The van der Waals surface area contributed by atoms with Crippen LogP contribution in [0.1, 0.15) is 50.7 Å². The van der Waals surface area contributed by atoms with Gasteiger partial charge in [-0.25, -0.2) is 8.42 Å². The zero-order valence-electron chi connectivity index (χ0n) is 21.6. The minimum Gasteiger partial charge on any atom is -0.354 e. The SMILES string of the molecule is CCCNC(=O)[C@H](CC)N(Cc1ccc(Cl)cc1)C(=O)CCCN(c1cccc(C(F)(F)F)c1)S(C)(=O)=O. The van der Waals surface area contributed by atoms with Crippen LogP contribution in [0.4, 0.5) is 18.9 Å². The highest BCUT2D eigenvalue weighted by atomic mass is 35.5. The van der Waals surface area contributed by atoms with E-state index in [1.807, 2.05) is 6.92 Å². The van der Waals surface area contributed by atoms with Crippen LogP contribution in [0.3, 0.4) is 0 Å². The second kappa shape index (κ2) is 13.8. The Morgan fingerprint density at radius 2 is 1.74 bits per heavy atom. The first-order valence-corrected chi connectivity index (χ1v) is 14.5. The third-order valence-corrected chi connectivity index (χ3v) is 7.26. The minimum absolute atomic E-state index is 0.0340. The number of halogens is 4. The molecule has 0 saturated carbocycles. The van der Waals surface area contributed by atoms with Crippen molar-refractivity contribution in [2.45, 2.75) is 58.3 Å². The van der Waals surface area contributed by atoms with E-state index >= 15 is 0 Å². The van der Waals surface area contributed by atoms with Crippen LogP contribution in [0.25, 0.3) is 0 Å². The summed E-state index contributed by atoms with van der Waals surface area (Å²) in [4.78, 5) is 27.6. The Labute approximate surface area is 227 Å². The number of amides is 2. The summed E-state index contributed by atoms with van der Waals surface area (Å²) in [7, 11) is -3.93. The van der Waals surface area contributed by atoms with Crippen LogP contribution in [0, 0.1) is 0 Å². The van der Waals surface area contributed by atoms with Crippen LogP contribution in [0.2, 0.25) is 5.02 Å². The molecule has 38 heavy (non-hydrogen) atoms. The lowest BCUT2D eigenvalue weighted by Gasteiger charge is -2.31. The van der Waals surface area contributed by atoms with Crippen molar-refractivity contribution in [3.8, 4) is 0 Å². The number of anilines is 1. The van der Waals surface area contributed by atoms with Gasteiger partial charge < -0.3 is 10.2 Å². The molecule has 1 N–H and O–H groups in total. The molecule has 2 rings (SSSR count). The number of rotatable bonds is 13. The average Bonchev–Trinajstić information content (AvgIpc) is 2.85. The zero-order chi connectivity index (χ0) is 28.5. The van der Waals surface area contributed by atoms with Crippen molar-refractivity contribution < 1.29 is 31.2 Å². The van der Waals surface area contributed by atoms with Gasteiger partial charge in [0.15, 0.2) is 0 Å². The fourth-order valence-electron chi connectivity index (χ4n) is 3.91. The standard InChI is InChI=1S/C26H33ClF3N3O4S/c1-4-15-31-25(35)23(5-2)32(18-19-11-13-21(27)14-12-19)24(34)10-7-16-33(38(3,36)37)22-9-6-8-20(17-22)26(28,29)30/h6,8-9,11-14,17,23H,4-5,7,10,15-16,18H2,1-3H3,(H,31,35)/t23-/m0/s1. The molecular formula is C26H33ClF3N3O4S. The van der Waals surface area contributed by atoms with Gasteiger partial charge in [0.1, 0.15) is 6.04 Å². The van der Waals surface area contributed by atoms with Gasteiger partial charge in [-0.2, -0.15) is 13.2 Å². The monoisotopic (exact) mass is 575 g/mol. The fourth-order valence-corrected chi connectivity index (χ4v) is 5.00. The first-order chi connectivity index (χ1) is 17.8. The Kier molecular flexibility index (Phi) is 11.4. The number of nitrogens with one attached hydrogen (secondary N) is 1. The van der Waals surface area contributed by atoms with Gasteiger partial charge in [-0.1, -0.05) is 43.6 Å². The van der Waals surface area contributed by atoms with E-state index in [2.05, 4.69) is 5.32 Å². The quantitative estimate of drug-likeness (QED) is 0.354. The van der Waals surface area contributed by atoms with Crippen molar-refractivity contribution in [1.82, 2.24) is 10.2 Å². The van der Waals surface area contributed by atoms with Crippen molar-refractivity contribution >= 4 is 39.1 Å². The van der Waals surface area contributed by atoms with E-state index in [4.69, 9.17) is 11.6 Å². The van der Waals surface area contributed by atoms with Crippen molar-refractivity contribution in [2.75, 3.05) is 23.7 Å². The van der Waals surface area contributed by atoms with E-state index in [1.54, 1.807) is 31.2 Å². The number of carbonyl (C=O) groups excluding carboxylic acids is 2. The molecule has 0 fully saturated rings. The lowest BCUT2D eigenvalue weighted by Crippen LogP contribution is -2.49. The lowest BCUT2D eigenvalue weighted by molar-refractivity contribution is -0.141. The molecule has 0 spiro atoms. The van der Waals surface area contributed by atoms with Crippen molar-refractivity contribution in [2.24, 2.45) is 0 Å². The molecular weight excluding hydrogens is 543 g/mol. The highest BCUT2D eigenvalue weighted by molar-refractivity contribution is 7.92. The van der Waals surface area contributed by atoms with Gasteiger partial charge in [-0.15, -0.1) is 0 Å². The molecule has 210 valence electrons. The Morgan fingerprint density at radius 3 is 2.29 bits per heavy atom. The smallest absolute Gasteiger partial charge is 0.354 e. The summed E-state index contributed by atoms with van der Waals surface area (Å²) >= 11 is 5.97. The van der Waals surface area contributed by atoms with Crippen LogP contribution in [0.5, 0.6) is 0 Å². The molecule has 0 bridgehead atoms. The van der Waals surface area contributed by atoms with Crippen LogP contribution in [0.15, 0.2) is 48.5 Å². The molecule has 0 aliphatic heterocycles. The topological polar surface area (TPSA) is 86.8 Å². The molecule has 0 unspecified atom stereocenters. The van der Waals surface area contributed by atoms with Gasteiger partial charge in [0.05, 0.1) is 17.5 Å². The fraction of sp³-hybridized carbons (Fsp3) is 0.462. The normalized spacial score (nSPS) is 12.6. The second-order valence-corrected chi connectivity index (χ2v) is 11.2. The largest absolute Gasteiger partial charge is 0.416 e. The second-order valence-electron chi connectivity index (χ2n) is 8.85.